The number of ether oxygens (including phenoxy) is 3. The molecule has 0 aromatic rings. The van der Waals surface area contributed by atoms with Gasteiger partial charge in [-0.1, -0.05) is 59.3 Å². The van der Waals surface area contributed by atoms with Crippen LogP contribution in [0, 0.1) is 29.6 Å². The molecule has 0 radical (unpaired) electrons. The molecule has 0 aromatic carbocycles. The molecule has 1 N–H and O–H groups in total. The topological polar surface area (TPSA) is 73.9 Å². The summed E-state index contributed by atoms with van der Waals surface area (Å²) < 4.78 is 18.6. The molecule has 0 saturated carbocycles. The Morgan fingerprint density at radius 3 is 2.57 bits per heavy atom. The van der Waals surface area contributed by atoms with Gasteiger partial charge in [0.15, 0.2) is 5.79 Å². The van der Waals surface area contributed by atoms with Gasteiger partial charge in [0, 0.05) is 18.9 Å². The summed E-state index contributed by atoms with van der Waals surface area (Å²) in [5.41, 5.74) is 1.32. The monoisotopic (exact) mass is 517 g/mol. The van der Waals surface area contributed by atoms with Gasteiger partial charge in [0.05, 0.1) is 24.5 Å². The molecular weight excluding hydrogens is 466 g/mol. The van der Waals surface area contributed by atoms with Crippen LogP contribution in [0.4, 0.5) is 0 Å². The molecule has 0 spiro atoms. The van der Waals surface area contributed by atoms with Crippen molar-refractivity contribution < 1.29 is 23.8 Å². The summed E-state index contributed by atoms with van der Waals surface area (Å²) in [6.45, 7) is 15.2. The van der Waals surface area contributed by atoms with Gasteiger partial charge in [-0.15, -0.1) is 0 Å². The van der Waals surface area contributed by atoms with E-state index in [0.717, 1.165) is 51.5 Å². The van der Waals surface area contributed by atoms with Gasteiger partial charge >= 0.3 is 5.97 Å². The SMILES string of the molecule is CCCCNC(=O)C[C@H]1C[C@@H](CC[C@@H]2[C@@H]3C(=C[C@H](C)C[C@@H]3OC(=O)[C@@H](C)CC)C=C[C@@H]2C)OC(C)(C)O1. The predicted octanol–water partition coefficient (Wildman–Crippen LogP) is 6.35. The van der Waals surface area contributed by atoms with E-state index in [1.807, 2.05) is 27.7 Å². The van der Waals surface area contributed by atoms with E-state index in [9.17, 15) is 9.59 Å². The third-order valence-electron chi connectivity index (χ3n) is 8.39. The number of carbonyl (C=O) groups excluding carboxylic acids is 2. The first-order valence-electron chi connectivity index (χ1n) is 14.8. The van der Waals surface area contributed by atoms with Crippen molar-refractivity contribution in [2.45, 2.75) is 124 Å². The fourth-order valence-corrected chi connectivity index (χ4v) is 6.24. The number of allylic oxidation sites excluding steroid dienone is 3. The number of amides is 1. The summed E-state index contributed by atoms with van der Waals surface area (Å²) in [6, 6.07) is 0. The lowest BCUT2D eigenvalue weighted by atomic mass is 9.65. The van der Waals surface area contributed by atoms with Gasteiger partial charge in [0.2, 0.25) is 5.91 Å². The molecule has 6 nitrogen and oxygen atoms in total. The van der Waals surface area contributed by atoms with E-state index in [-0.39, 0.29) is 42.0 Å². The Balaban J connectivity index is 1.67. The molecule has 37 heavy (non-hydrogen) atoms. The van der Waals surface area contributed by atoms with Gasteiger partial charge in [0.1, 0.15) is 6.10 Å². The number of esters is 1. The summed E-state index contributed by atoms with van der Waals surface area (Å²) in [4.78, 5) is 25.2. The molecule has 1 fully saturated rings. The third kappa shape index (κ3) is 8.41. The zero-order chi connectivity index (χ0) is 27.2. The molecule has 1 amide bonds. The van der Waals surface area contributed by atoms with Crippen molar-refractivity contribution in [1.29, 1.82) is 0 Å². The zero-order valence-corrected chi connectivity index (χ0v) is 24.3. The van der Waals surface area contributed by atoms with Crippen molar-refractivity contribution in [2.24, 2.45) is 29.6 Å². The summed E-state index contributed by atoms with van der Waals surface area (Å²) >= 11 is 0. The first-order valence-corrected chi connectivity index (χ1v) is 14.8. The molecule has 0 unspecified atom stereocenters. The number of rotatable bonds is 11. The number of unbranched alkanes of at least 4 members (excludes halogenated alkanes) is 1. The smallest absolute Gasteiger partial charge is 0.308 e. The van der Waals surface area contributed by atoms with Crippen LogP contribution in [-0.2, 0) is 23.8 Å². The summed E-state index contributed by atoms with van der Waals surface area (Å²) in [6.07, 6.45) is 13.4. The summed E-state index contributed by atoms with van der Waals surface area (Å²) in [7, 11) is 0. The minimum absolute atomic E-state index is 0.0337. The van der Waals surface area contributed by atoms with Gasteiger partial charge in [-0.05, 0) is 69.3 Å². The van der Waals surface area contributed by atoms with E-state index in [1.165, 1.54) is 5.57 Å². The highest BCUT2D eigenvalue weighted by molar-refractivity contribution is 5.76. The van der Waals surface area contributed by atoms with E-state index in [1.54, 1.807) is 0 Å². The van der Waals surface area contributed by atoms with Gasteiger partial charge in [-0.25, -0.2) is 0 Å². The first-order chi connectivity index (χ1) is 17.5. The first kappa shape index (κ1) is 29.9. The van der Waals surface area contributed by atoms with Crippen LogP contribution >= 0.6 is 0 Å². The lowest BCUT2D eigenvalue weighted by molar-refractivity contribution is -0.300. The second-order valence-electron chi connectivity index (χ2n) is 12.2. The average molecular weight is 518 g/mol. The fraction of sp³-hybridized carbons (Fsp3) is 0.806. The Bertz CT molecular complexity index is 833. The van der Waals surface area contributed by atoms with E-state index in [2.05, 4.69) is 44.3 Å². The highest BCUT2D eigenvalue weighted by Crippen LogP contribution is 2.45. The molecule has 1 heterocycles. The molecule has 1 aliphatic heterocycles. The normalized spacial score (nSPS) is 33.7. The molecular formula is C31H51NO5. The van der Waals surface area contributed by atoms with Crippen LogP contribution in [0.25, 0.3) is 0 Å². The van der Waals surface area contributed by atoms with Crippen molar-refractivity contribution in [3.05, 3.63) is 23.8 Å². The Morgan fingerprint density at radius 1 is 1.14 bits per heavy atom. The highest BCUT2D eigenvalue weighted by atomic mass is 16.7. The standard InChI is InChI=1S/C31H51NO5/c1-8-10-15-32-28(33)19-25-18-24(36-31(6,7)37-25)13-14-26-22(5)11-12-23-16-20(3)17-27(29(23)26)35-30(34)21(4)9-2/h11-12,16,20-22,24-27,29H,8-10,13-15,17-19H2,1-7H3,(H,32,33)/t20-,21-,22-,24+,25+,26-,27-,29-/m0/s1. The van der Waals surface area contributed by atoms with Crippen LogP contribution in [0.2, 0.25) is 0 Å². The minimum atomic E-state index is -0.713. The maximum Gasteiger partial charge on any atom is 0.308 e. The van der Waals surface area contributed by atoms with Crippen LogP contribution in [0.5, 0.6) is 0 Å². The molecule has 8 atom stereocenters. The Kier molecular flexibility index (Phi) is 10.8. The molecule has 0 bridgehead atoms. The van der Waals surface area contributed by atoms with Crippen LogP contribution in [0.3, 0.4) is 0 Å². The van der Waals surface area contributed by atoms with Gasteiger partial charge in [-0.2, -0.15) is 0 Å². The lowest BCUT2D eigenvalue weighted by Gasteiger charge is -2.44. The molecule has 0 aromatic heterocycles. The number of carbonyl (C=O) groups is 2. The number of hydrogen-bond acceptors (Lipinski definition) is 5. The van der Waals surface area contributed by atoms with E-state index < -0.39 is 5.79 Å². The van der Waals surface area contributed by atoms with Crippen LogP contribution < -0.4 is 5.32 Å². The molecule has 210 valence electrons. The fourth-order valence-electron chi connectivity index (χ4n) is 6.24. The summed E-state index contributed by atoms with van der Waals surface area (Å²) in [5.74, 6) is 0.579. The second kappa shape index (κ2) is 13.4. The second-order valence-corrected chi connectivity index (χ2v) is 12.2. The number of fused-ring (bicyclic) bond motifs is 1. The van der Waals surface area contributed by atoms with Crippen LogP contribution in [-0.4, -0.2) is 42.5 Å². The average Bonchev–Trinajstić information content (AvgIpc) is 2.82. The number of hydrogen-bond donors (Lipinski definition) is 1. The maximum atomic E-state index is 12.8. The Hall–Kier alpha value is -1.66. The van der Waals surface area contributed by atoms with Crippen LogP contribution in [0.1, 0.15) is 99.8 Å². The molecule has 3 aliphatic rings. The zero-order valence-electron chi connectivity index (χ0n) is 24.3. The molecule has 6 heteroatoms. The van der Waals surface area contributed by atoms with Crippen molar-refractivity contribution in [3.63, 3.8) is 0 Å². The van der Waals surface area contributed by atoms with Crippen molar-refractivity contribution >= 4 is 11.9 Å². The molecule has 2 aliphatic carbocycles. The van der Waals surface area contributed by atoms with Crippen molar-refractivity contribution in [1.82, 2.24) is 5.32 Å². The quantitative estimate of drug-likeness (QED) is 0.255. The third-order valence-corrected chi connectivity index (χ3v) is 8.39. The maximum absolute atomic E-state index is 12.8. The predicted molar refractivity (Wildman–Crippen MR) is 147 cm³/mol. The highest BCUT2D eigenvalue weighted by Gasteiger charge is 2.43. The van der Waals surface area contributed by atoms with E-state index >= 15 is 0 Å². The van der Waals surface area contributed by atoms with Gasteiger partial charge < -0.3 is 19.5 Å². The van der Waals surface area contributed by atoms with Gasteiger partial charge in [-0.3, -0.25) is 9.59 Å². The van der Waals surface area contributed by atoms with Crippen molar-refractivity contribution in [2.75, 3.05) is 6.54 Å². The van der Waals surface area contributed by atoms with E-state index in [4.69, 9.17) is 14.2 Å². The number of nitrogens with one attached hydrogen (secondary N) is 1. The summed E-state index contributed by atoms with van der Waals surface area (Å²) in [5, 5.41) is 3.01. The van der Waals surface area contributed by atoms with Crippen LogP contribution in [0.15, 0.2) is 23.8 Å². The Labute approximate surface area is 225 Å². The minimum Gasteiger partial charge on any atom is -0.461 e. The van der Waals surface area contributed by atoms with Crippen molar-refractivity contribution in [3.8, 4) is 0 Å². The van der Waals surface area contributed by atoms with E-state index in [0.29, 0.717) is 24.2 Å². The molecule has 3 rings (SSSR count). The Morgan fingerprint density at radius 2 is 1.86 bits per heavy atom. The molecule has 1 saturated heterocycles. The lowest BCUT2D eigenvalue weighted by Crippen LogP contribution is -2.47. The largest absolute Gasteiger partial charge is 0.461 e. The van der Waals surface area contributed by atoms with Gasteiger partial charge in [0.25, 0.3) is 0 Å².